The molecule has 4 nitrogen and oxygen atoms in total. The fraction of sp³-hybridized carbons (Fsp3) is 0.889. The van der Waals surface area contributed by atoms with Gasteiger partial charge in [-0.25, -0.2) is 8.42 Å². The number of carbonyl (C=O) groups excluding carboxylic acids is 1. The first-order valence-corrected chi connectivity index (χ1v) is 6.65. The summed E-state index contributed by atoms with van der Waals surface area (Å²) in [5, 5.41) is 0. The molecule has 0 aromatic heterocycles. The first-order chi connectivity index (χ1) is 6.53. The Hall–Kier alpha value is -0.420. The minimum atomic E-state index is -2.85. The van der Waals surface area contributed by atoms with Gasteiger partial charge in [-0.05, 0) is 19.3 Å². The third-order valence-electron chi connectivity index (χ3n) is 2.31. The van der Waals surface area contributed by atoms with Crippen LogP contribution in [0.2, 0.25) is 0 Å². The van der Waals surface area contributed by atoms with Gasteiger partial charge in [0.1, 0.15) is 6.61 Å². The number of hydrogen-bond donors (Lipinski definition) is 0. The van der Waals surface area contributed by atoms with Gasteiger partial charge >= 0.3 is 0 Å². The standard InChI is InChI=1S/C9H16O4S/c1-2-13-6-9(10)5-8-3-4-14(11,12)7-8/h8H,2-7H2,1H3. The lowest BCUT2D eigenvalue weighted by molar-refractivity contribution is -0.124. The second-order valence-corrected chi connectivity index (χ2v) is 5.88. The van der Waals surface area contributed by atoms with Crippen molar-refractivity contribution in [2.24, 2.45) is 5.92 Å². The lowest BCUT2D eigenvalue weighted by atomic mass is 10.0. The summed E-state index contributed by atoms with van der Waals surface area (Å²) in [5.74, 6) is 0.437. The predicted molar refractivity (Wildman–Crippen MR) is 52.9 cm³/mol. The SMILES string of the molecule is CCOCC(=O)CC1CCS(=O)(=O)C1. The fourth-order valence-corrected chi connectivity index (χ4v) is 3.49. The third kappa shape index (κ3) is 3.75. The maximum absolute atomic E-state index is 11.2. The van der Waals surface area contributed by atoms with E-state index in [0.29, 0.717) is 19.4 Å². The summed E-state index contributed by atoms with van der Waals surface area (Å²) in [6.45, 7) is 2.47. The van der Waals surface area contributed by atoms with E-state index in [4.69, 9.17) is 4.74 Å². The van der Waals surface area contributed by atoms with Crippen molar-refractivity contribution in [1.29, 1.82) is 0 Å². The Bertz CT molecular complexity index is 294. The molecule has 0 amide bonds. The van der Waals surface area contributed by atoms with Crippen molar-refractivity contribution in [2.75, 3.05) is 24.7 Å². The molecule has 82 valence electrons. The van der Waals surface area contributed by atoms with Crippen LogP contribution < -0.4 is 0 Å². The van der Waals surface area contributed by atoms with E-state index in [-0.39, 0.29) is 29.8 Å². The minimum absolute atomic E-state index is 0.00829. The molecule has 0 N–H and O–H groups in total. The number of carbonyl (C=O) groups is 1. The number of rotatable bonds is 5. The van der Waals surface area contributed by atoms with Crippen molar-refractivity contribution in [1.82, 2.24) is 0 Å². The van der Waals surface area contributed by atoms with Crippen LogP contribution in [0.1, 0.15) is 19.8 Å². The zero-order chi connectivity index (χ0) is 10.6. The van der Waals surface area contributed by atoms with E-state index in [0.717, 1.165) is 0 Å². The van der Waals surface area contributed by atoms with Crippen molar-refractivity contribution in [3.8, 4) is 0 Å². The van der Waals surface area contributed by atoms with Crippen molar-refractivity contribution in [3.63, 3.8) is 0 Å². The molecule has 0 aliphatic carbocycles. The monoisotopic (exact) mass is 220 g/mol. The van der Waals surface area contributed by atoms with Crippen LogP contribution in [-0.4, -0.2) is 38.9 Å². The van der Waals surface area contributed by atoms with Gasteiger partial charge < -0.3 is 4.74 Å². The summed E-state index contributed by atoms with van der Waals surface area (Å²) < 4.78 is 27.1. The molecule has 1 aliphatic heterocycles. The van der Waals surface area contributed by atoms with E-state index >= 15 is 0 Å². The van der Waals surface area contributed by atoms with Gasteiger partial charge in [0, 0.05) is 13.0 Å². The predicted octanol–water partition coefficient (Wildman–Crippen LogP) is 0.417. The van der Waals surface area contributed by atoms with Gasteiger partial charge in [-0.1, -0.05) is 0 Å². The quantitative estimate of drug-likeness (QED) is 0.673. The van der Waals surface area contributed by atoms with Crippen molar-refractivity contribution in [3.05, 3.63) is 0 Å². The number of ketones is 1. The molecule has 1 saturated heterocycles. The molecule has 0 aromatic rings. The summed E-state index contributed by atoms with van der Waals surface area (Å²) in [4.78, 5) is 11.2. The van der Waals surface area contributed by atoms with Gasteiger partial charge in [0.2, 0.25) is 0 Å². The minimum Gasteiger partial charge on any atom is -0.374 e. The van der Waals surface area contributed by atoms with Crippen LogP contribution in [0.25, 0.3) is 0 Å². The summed E-state index contributed by atoms with van der Waals surface area (Å²) >= 11 is 0. The molecule has 1 atom stereocenters. The average Bonchev–Trinajstić information content (AvgIpc) is 2.42. The van der Waals surface area contributed by atoms with Gasteiger partial charge in [0.25, 0.3) is 0 Å². The number of Topliss-reactive ketones (excluding diaryl/α,β-unsaturated/α-hetero) is 1. The first kappa shape index (κ1) is 11.7. The van der Waals surface area contributed by atoms with Gasteiger partial charge in [-0.15, -0.1) is 0 Å². The first-order valence-electron chi connectivity index (χ1n) is 4.83. The lowest BCUT2D eigenvalue weighted by Crippen LogP contribution is -2.15. The van der Waals surface area contributed by atoms with Crippen LogP contribution in [-0.2, 0) is 19.4 Å². The Labute approximate surface area is 84.6 Å². The molecule has 14 heavy (non-hydrogen) atoms. The summed E-state index contributed by atoms with van der Waals surface area (Å²) in [6.07, 6.45) is 0.972. The molecule has 1 heterocycles. The Morgan fingerprint density at radius 1 is 1.50 bits per heavy atom. The van der Waals surface area contributed by atoms with Crippen molar-refractivity contribution < 1.29 is 17.9 Å². The van der Waals surface area contributed by atoms with E-state index in [1.165, 1.54) is 0 Å². The van der Waals surface area contributed by atoms with Crippen LogP contribution in [0, 0.1) is 5.92 Å². The second kappa shape index (κ2) is 4.89. The molecule has 1 unspecified atom stereocenters. The van der Waals surface area contributed by atoms with Crippen molar-refractivity contribution in [2.45, 2.75) is 19.8 Å². The molecule has 0 aromatic carbocycles. The number of ether oxygens (including phenoxy) is 1. The Morgan fingerprint density at radius 2 is 2.21 bits per heavy atom. The zero-order valence-corrected chi connectivity index (χ0v) is 9.18. The van der Waals surface area contributed by atoms with Crippen LogP contribution in [0.3, 0.4) is 0 Å². The number of hydrogen-bond acceptors (Lipinski definition) is 4. The van der Waals surface area contributed by atoms with E-state index in [1.54, 1.807) is 0 Å². The van der Waals surface area contributed by atoms with Gasteiger partial charge in [0.15, 0.2) is 15.6 Å². The normalized spacial score (nSPS) is 25.1. The molecular formula is C9H16O4S. The van der Waals surface area contributed by atoms with Gasteiger partial charge in [-0.2, -0.15) is 0 Å². The molecule has 5 heteroatoms. The highest BCUT2D eigenvalue weighted by Crippen LogP contribution is 2.21. The molecule has 1 fully saturated rings. The highest BCUT2D eigenvalue weighted by Gasteiger charge is 2.29. The zero-order valence-electron chi connectivity index (χ0n) is 8.36. The molecular weight excluding hydrogens is 204 g/mol. The molecule has 1 aliphatic rings. The third-order valence-corrected chi connectivity index (χ3v) is 4.15. The largest absolute Gasteiger partial charge is 0.374 e. The summed E-state index contributed by atoms with van der Waals surface area (Å²) in [7, 11) is -2.85. The fourth-order valence-electron chi connectivity index (χ4n) is 1.63. The van der Waals surface area contributed by atoms with Crippen LogP contribution in [0.4, 0.5) is 0 Å². The Kier molecular flexibility index (Phi) is 4.07. The average molecular weight is 220 g/mol. The molecule has 0 spiro atoms. The van der Waals surface area contributed by atoms with E-state index < -0.39 is 9.84 Å². The summed E-state index contributed by atoms with van der Waals surface area (Å²) in [6, 6.07) is 0. The van der Waals surface area contributed by atoms with Gasteiger partial charge in [-0.3, -0.25) is 4.79 Å². The Balaban J connectivity index is 2.29. The highest BCUT2D eigenvalue weighted by molar-refractivity contribution is 7.91. The summed E-state index contributed by atoms with van der Waals surface area (Å²) in [5.41, 5.74) is 0. The van der Waals surface area contributed by atoms with E-state index in [2.05, 4.69) is 0 Å². The molecule has 0 radical (unpaired) electrons. The molecule has 1 rings (SSSR count). The van der Waals surface area contributed by atoms with Crippen LogP contribution in [0.15, 0.2) is 0 Å². The maximum atomic E-state index is 11.2. The molecule has 0 saturated carbocycles. The van der Waals surface area contributed by atoms with E-state index in [1.807, 2.05) is 6.92 Å². The highest BCUT2D eigenvalue weighted by atomic mass is 32.2. The number of sulfone groups is 1. The van der Waals surface area contributed by atoms with Crippen molar-refractivity contribution >= 4 is 15.6 Å². The molecule has 0 bridgehead atoms. The maximum Gasteiger partial charge on any atom is 0.158 e. The smallest absolute Gasteiger partial charge is 0.158 e. The van der Waals surface area contributed by atoms with Crippen LogP contribution >= 0.6 is 0 Å². The van der Waals surface area contributed by atoms with E-state index in [9.17, 15) is 13.2 Å². The Morgan fingerprint density at radius 3 is 2.71 bits per heavy atom. The van der Waals surface area contributed by atoms with Crippen LogP contribution in [0.5, 0.6) is 0 Å². The van der Waals surface area contributed by atoms with Gasteiger partial charge in [0.05, 0.1) is 11.5 Å². The second-order valence-electron chi connectivity index (χ2n) is 3.65. The lowest BCUT2D eigenvalue weighted by Gasteiger charge is -2.05. The topological polar surface area (TPSA) is 60.4 Å².